The maximum atomic E-state index is 11.9. The number of hydrogen-bond donors (Lipinski definition) is 2. The highest BCUT2D eigenvalue weighted by atomic mass is 16.5. The van der Waals surface area contributed by atoms with Crippen LogP contribution in [-0.2, 0) is 16.0 Å². The van der Waals surface area contributed by atoms with Crippen LogP contribution in [0.4, 0.5) is 5.69 Å². The fourth-order valence-electron chi connectivity index (χ4n) is 2.28. The first-order valence-electron chi connectivity index (χ1n) is 7.90. The van der Waals surface area contributed by atoms with Crippen molar-refractivity contribution in [1.82, 2.24) is 5.32 Å². The van der Waals surface area contributed by atoms with Crippen molar-refractivity contribution >= 4 is 17.5 Å². The summed E-state index contributed by atoms with van der Waals surface area (Å²) in [5.74, 6) is 0.0482. The molecule has 2 rings (SSSR count). The molecule has 2 aromatic rings. The van der Waals surface area contributed by atoms with Crippen LogP contribution in [-0.4, -0.2) is 32.6 Å². The van der Waals surface area contributed by atoms with Gasteiger partial charge in [-0.2, -0.15) is 0 Å². The topological polar surface area (TPSA) is 76.7 Å². The molecule has 0 saturated heterocycles. The van der Waals surface area contributed by atoms with Crippen molar-refractivity contribution in [2.24, 2.45) is 0 Å². The number of amides is 2. The maximum Gasteiger partial charge on any atom is 0.313 e. The van der Waals surface area contributed by atoms with Gasteiger partial charge >= 0.3 is 11.8 Å². The first-order valence-corrected chi connectivity index (χ1v) is 7.90. The molecule has 132 valence electrons. The molecule has 0 spiro atoms. The molecule has 0 radical (unpaired) electrons. The first kappa shape index (κ1) is 18.3. The van der Waals surface area contributed by atoms with Gasteiger partial charge in [0.15, 0.2) is 0 Å². The van der Waals surface area contributed by atoms with Gasteiger partial charge in [-0.15, -0.1) is 0 Å². The number of carbonyl (C=O) groups excluding carboxylic acids is 2. The zero-order valence-electron chi connectivity index (χ0n) is 14.6. The number of aryl methyl sites for hydroxylation is 1. The number of benzene rings is 2. The van der Waals surface area contributed by atoms with Crippen molar-refractivity contribution in [3.05, 3.63) is 53.6 Å². The molecule has 0 saturated carbocycles. The molecule has 2 aromatic carbocycles. The third-order valence-corrected chi connectivity index (χ3v) is 3.73. The van der Waals surface area contributed by atoms with Gasteiger partial charge in [0.05, 0.1) is 14.2 Å². The second kappa shape index (κ2) is 8.73. The van der Waals surface area contributed by atoms with Crippen LogP contribution in [0.3, 0.4) is 0 Å². The quantitative estimate of drug-likeness (QED) is 0.790. The lowest BCUT2D eigenvalue weighted by Gasteiger charge is -2.09. The van der Waals surface area contributed by atoms with Gasteiger partial charge in [-0.1, -0.05) is 18.2 Å². The number of nitrogens with one attached hydrogen (secondary N) is 2. The van der Waals surface area contributed by atoms with E-state index in [4.69, 9.17) is 9.47 Å². The first-order chi connectivity index (χ1) is 12.0. The highest BCUT2D eigenvalue weighted by Crippen LogP contribution is 2.21. The molecule has 0 fully saturated rings. The van der Waals surface area contributed by atoms with E-state index >= 15 is 0 Å². The zero-order valence-corrected chi connectivity index (χ0v) is 14.6. The second-order valence-corrected chi connectivity index (χ2v) is 5.49. The van der Waals surface area contributed by atoms with Crippen LogP contribution in [0.1, 0.15) is 11.1 Å². The van der Waals surface area contributed by atoms with E-state index in [9.17, 15) is 9.59 Å². The Morgan fingerprint density at radius 3 is 2.32 bits per heavy atom. The molecule has 0 atom stereocenters. The van der Waals surface area contributed by atoms with Gasteiger partial charge in [0, 0.05) is 18.3 Å². The smallest absolute Gasteiger partial charge is 0.313 e. The largest absolute Gasteiger partial charge is 0.497 e. The maximum absolute atomic E-state index is 11.9. The van der Waals surface area contributed by atoms with E-state index in [1.165, 1.54) is 0 Å². The van der Waals surface area contributed by atoms with E-state index < -0.39 is 11.8 Å². The summed E-state index contributed by atoms with van der Waals surface area (Å²) in [7, 11) is 3.16. The number of rotatable bonds is 6. The van der Waals surface area contributed by atoms with E-state index in [2.05, 4.69) is 10.6 Å². The van der Waals surface area contributed by atoms with Gasteiger partial charge in [0.25, 0.3) is 0 Å². The molecule has 2 amide bonds. The zero-order chi connectivity index (χ0) is 18.2. The summed E-state index contributed by atoms with van der Waals surface area (Å²) < 4.78 is 10.3. The summed E-state index contributed by atoms with van der Waals surface area (Å²) in [6.07, 6.45) is 0.626. The van der Waals surface area contributed by atoms with Crippen LogP contribution in [0.2, 0.25) is 0 Å². The predicted molar refractivity (Wildman–Crippen MR) is 96.1 cm³/mol. The minimum absolute atomic E-state index is 0.371. The fourth-order valence-corrected chi connectivity index (χ4v) is 2.28. The molecule has 2 N–H and O–H groups in total. The van der Waals surface area contributed by atoms with Gasteiger partial charge in [-0.05, 0) is 42.7 Å². The third-order valence-electron chi connectivity index (χ3n) is 3.73. The van der Waals surface area contributed by atoms with E-state index in [1.54, 1.807) is 26.4 Å². The average Bonchev–Trinajstić information content (AvgIpc) is 2.63. The SMILES string of the molecule is COc1ccc(CCNC(=O)C(=O)Nc2ccc(C)c(OC)c2)cc1. The molecular formula is C19H22N2O4. The Morgan fingerprint density at radius 1 is 0.960 bits per heavy atom. The molecule has 0 aliphatic carbocycles. The summed E-state index contributed by atoms with van der Waals surface area (Å²) in [5, 5.41) is 5.17. The standard InChI is InChI=1S/C19H22N2O4/c1-13-4-7-15(12-17(13)25-3)21-19(23)18(22)20-11-10-14-5-8-16(24-2)9-6-14/h4-9,12H,10-11H2,1-3H3,(H,20,22)(H,21,23). The monoisotopic (exact) mass is 342 g/mol. The van der Waals surface area contributed by atoms with Crippen LogP contribution in [0, 0.1) is 6.92 Å². The van der Waals surface area contributed by atoms with Crippen LogP contribution in [0.15, 0.2) is 42.5 Å². The number of anilines is 1. The Bertz CT molecular complexity index is 742. The van der Waals surface area contributed by atoms with Crippen molar-refractivity contribution in [2.45, 2.75) is 13.3 Å². The van der Waals surface area contributed by atoms with E-state index in [0.29, 0.717) is 24.4 Å². The molecule has 0 aromatic heterocycles. The second-order valence-electron chi connectivity index (χ2n) is 5.49. The Kier molecular flexibility index (Phi) is 6.39. The number of carbonyl (C=O) groups is 2. The Morgan fingerprint density at radius 2 is 1.68 bits per heavy atom. The summed E-state index contributed by atoms with van der Waals surface area (Å²) in [6, 6.07) is 12.8. The number of ether oxygens (including phenoxy) is 2. The van der Waals surface area contributed by atoms with Gasteiger partial charge in [-0.25, -0.2) is 0 Å². The highest BCUT2D eigenvalue weighted by Gasteiger charge is 2.13. The van der Waals surface area contributed by atoms with Crippen molar-refractivity contribution in [1.29, 1.82) is 0 Å². The van der Waals surface area contributed by atoms with E-state index in [1.807, 2.05) is 37.3 Å². The Labute approximate surface area is 147 Å². The molecule has 25 heavy (non-hydrogen) atoms. The minimum atomic E-state index is -0.708. The molecule has 0 heterocycles. The lowest BCUT2D eigenvalue weighted by molar-refractivity contribution is -0.136. The number of hydrogen-bond acceptors (Lipinski definition) is 4. The molecule has 0 unspecified atom stereocenters. The van der Waals surface area contributed by atoms with Crippen LogP contribution >= 0.6 is 0 Å². The van der Waals surface area contributed by atoms with Gasteiger partial charge < -0.3 is 20.1 Å². The lowest BCUT2D eigenvalue weighted by Crippen LogP contribution is -2.36. The molecule has 6 nitrogen and oxygen atoms in total. The number of methoxy groups -OCH3 is 2. The average molecular weight is 342 g/mol. The van der Waals surface area contributed by atoms with E-state index in [-0.39, 0.29) is 0 Å². The Balaban J connectivity index is 1.82. The summed E-state index contributed by atoms with van der Waals surface area (Å²) in [4.78, 5) is 23.8. The van der Waals surface area contributed by atoms with Crippen molar-refractivity contribution in [2.75, 3.05) is 26.1 Å². The van der Waals surface area contributed by atoms with Crippen LogP contribution < -0.4 is 20.1 Å². The van der Waals surface area contributed by atoms with Gasteiger partial charge in [0.1, 0.15) is 11.5 Å². The molecule has 0 aliphatic rings. The summed E-state index contributed by atoms with van der Waals surface area (Å²) >= 11 is 0. The fraction of sp³-hybridized carbons (Fsp3) is 0.263. The van der Waals surface area contributed by atoms with Crippen LogP contribution in [0.5, 0.6) is 11.5 Å². The van der Waals surface area contributed by atoms with Gasteiger partial charge in [0.2, 0.25) is 0 Å². The minimum Gasteiger partial charge on any atom is -0.497 e. The van der Waals surface area contributed by atoms with E-state index in [0.717, 1.165) is 16.9 Å². The third kappa shape index (κ3) is 5.24. The van der Waals surface area contributed by atoms with Gasteiger partial charge in [-0.3, -0.25) is 9.59 Å². The normalized spacial score (nSPS) is 10.0. The summed E-state index contributed by atoms with van der Waals surface area (Å²) in [5.41, 5.74) is 2.51. The molecule has 0 aliphatic heterocycles. The van der Waals surface area contributed by atoms with Crippen molar-refractivity contribution < 1.29 is 19.1 Å². The predicted octanol–water partition coefficient (Wildman–Crippen LogP) is 2.31. The van der Waals surface area contributed by atoms with Crippen LogP contribution in [0.25, 0.3) is 0 Å². The summed E-state index contributed by atoms with van der Waals surface area (Å²) in [6.45, 7) is 2.27. The van der Waals surface area contributed by atoms with Crippen molar-refractivity contribution in [3.63, 3.8) is 0 Å². The Hall–Kier alpha value is -3.02. The highest BCUT2D eigenvalue weighted by molar-refractivity contribution is 6.39. The lowest BCUT2D eigenvalue weighted by atomic mass is 10.1. The molecule has 0 bridgehead atoms. The molecule has 6 heteroatoms. The van der Waals surface area contributed by atoms with Crippen molar-refractivity contribution in [3.8, 4) is 11.5 Å². The molecular weight excluding hydrogens is 320 g/mol.